The number of amides is 1. The Kier molecular flexibility index (Phi) is 3.33. The molecule has 1 heterocycles. The fourth-order valence-electron chi connectivity index (χ4n) is 1.94. The molecule has 1 aromatic carbocycles. The van der Waals surface area contributed by atoms with E-state index in [0.717, 1.165) is 5.69 Å². The lowest BCUT2D eigenvalue weighted by molar-refractivity contribution is 0.0362. The highest BCUT2D eigenvalue weighted by Gasteiger charge is 2.30. The van der Waals surface area contributed by atoms with Gasteiger partial charge in [0, 0.05) is 51.0 Å². The van der Waals surface area contributed by atoms with Crippen molar-refractivity contribution in [3.05, 3.63) is 29.8 Å². The molecule has 1 amide bonds. The predicted molar refractivity (Wildman–Crippen MR) is 67.2 cm³/mol. The van der Waals surface area contributed by atoms with Crippen molar-refractivity contribution in [3.8, 4) is 0 Å². The van der Waals surface area contributed by atoms with Gasteiger partial charge in [0.2, 0.25) is 0 Å². The Bertz CT molecular complexity index is 394. The van der Waals surface area contributed by atoms with Crippen molar-refractivity contribution in [1.82, 2.24) is 4.90 Å². The van der Waals surface area contributed by atoms with Crippen LogP contribution in [0.2, 0.25) is 0 Å². The van der Waals surface area contributed by atoms with Crippen LogP contribution in [-0.4, -0.2) is 49.7 Å². The number of carbonyl (C=O) groups excluding carboxylic acids is 1. The summed E-state index contributed by atoms with van der Waals surface area (Å²) in [6.45, 7) is 1.51. The average Bonchev–Trinajstić information content (AvgIpc) is 2.27. The summed E-state index contributed by atoms with van der Waals surface area (Å²) in [5.74, 6) is 0.319. The average molecular weight is 234 g/mol. The summed E-state index contributed by atoms with van der Waals surface area (Å²) in [4.78, 5) is 15.8. The summed E-state index contributed by atoms with van der Waals surface area (Å²) in [5.41, 5.74) is 1.80. The highest BCUT2D eigenvalue weighted by atomic mass is 16.3. The Morgan fingerprint density at radius 3 is 2.41 bits per heavy atom. The van der Waals surface area contributed by atoms with E-state index in [2.05, 4.69) is 0 Å². The number of aliphatic hydroxyl groups is 1. The van der Waals surface area contributed by atoms with Crippen molar-refractivity contribution in [2.24, 2.45) is 5.92 Å². The molecule has 1 aliphatic heterocycles. The van der Waals surface area contributed by atoms with Crippen molar-refractivity contribution in [2.75, 3.05) is 38.7 Å². The van der Waals surface area contributed by atoms with Gasteiger partial charge in [-0.3, -0.25) is 4.79 Å². The van der Waals surface area contributed by atoms with Gasteiger partial charge in [0.25, 0.3) is 5.91 Å². The largest absolute Gasteiger partial charge is 0.396 e. The highest BCUT2D eigenvalue weighted by molar-refractivity contribution is 5.95. The first-order valence-corrected chi connectivity index (χ1v) is 5.79. The maximum atomic E-state index is 12.0. The van der Waals surface area contributed by atoms with Gasteiger partial charge in [-0.2, -0.15) is 0 Å². The molecule has 0 spiro atoms. The van der Waals surface area contributed by atoms with Gasteiger partial charge in [-0.05, 0) is 24.3 Å². The second-order valence-corrected chi connectivity index (χ2v) is 4.70. The van der Waals surface area contributed by atoms with E-state index >= 15 is 0 Å². The van der Waals surface area contributed by atoms with Gasteiger partial charge in [0.05, 0.1) is 0 Å². The molecule has 0 aliphatic carbocycles. The van der Waals surface area contributed by atoms with E-state index in [1.807, 2.05) is 43.3 Å². The number of hydrogen-bond acceptors (Lipinski definition) is 3. The van der Waals surface area contributed by atoms with E-state index in [9.17, 15) is 4.79 Å². The fourth-order valence-corrected chi connectivity index (χ4v) is 1.94. The molecular formula is C13H18N2O2. The van der Waals surface area contributed by atoms with Crippen LogP contribution in [0.25, 0.3) is 0 Å². The van der Waals surface area contributed by atoms with Gasteiger partial charge in [0.1, 0.15) is 0 Å². The third-order valence-electron chi connectivity index (χ3n) is 3.13. The van der Waals surface area contributed by atoms with Crippen molar-refractivity contribution in [3.63, 3.8) is 0 Å². The van der Waals surface area contributed by atoms with Gasteiger partial charge in [-0.25, -0.2) is 0 Å². The summed E-state index contributed by atoms with van der Waals surface area (Å²) < 4.78 is 0. The molecule has 0 unspecified atom stereocenters. The Morgan fingerprint density at radius 2 is 1.94 bits per heavy atom. The van der Waals surface area contributed by atoms with E-state index in [1.165, 1.54) is 0 Å². The normalized spacial score (nSPS) is 15.6. The maximum absolute atomic E-state index is 12.0. The number of rotatable bonds is 3. The summed E-state index contributed by atoms with van der Waals surface area (Å²) in [5, 5.41) is 8.91. The number of likely N-dealkylation sites (tertiary alicyclic amines) is 1. The van der Waals surface area contributed by atoms with Crippen molar-refractivity contribution in [2.45, 2.75) is 0 Å². The lowest BCUT2D eigenvalue weighted by atomic mass is 10.00. The van der Waals surface area contributed by atoms with Gasteiger partial charge in [-0.15, -0.1) is 0 Å². The van der Waals surface area contributed by atoms with Crippen LogP contribution in [0, 0.1) is 5.92 Å². The molecule has 92 valence electrons. The summed E-state index contributed by atoms with van der Waals surface area (Å²) in [7, 11) is 3.94. The van der Waals surface area contributed by atoms with Gasteiger partial charge in [0.15, 0.2) is 0 Å². The molecule has 0 aromatic heterocycles. The zero-order valence-corrected chi connectivity index (χ0v) is 10.3. The lowest BCUT2D eigenvalue weighted by Gasteiger charge is -2.38. The predicted octanol–water partition coefficient (Wildman–Crippen LogP) is 0.817. The molecule has 1 fully saturated rings. The van der Waals surface area contributed by atoms with Gasteiger partial charge in [-0.1, -0.05) is 0 Å². The zero-order valence-electron chi connectivity index (χ0n) is 10.3. The second kappa shape index (κ2) is 4.75. The first-order chi connectivity index (χ1) is 8.11. The number of anilines is 1. The van der Waals surface area contributed by atoms with Crippen LogP contribution >= 0.6 is 0 Å². The van der Waals surface area contributed by atoms with Crippen LogP contribution in [0.4, 0.5) is 5.69 Å². The minimum absolute atomic E-state index is 0.0556. The standard InChI is InChI=1S/C13H18N2O2/c1-14(2)12-5-3-11(4-6-12)13(17)15-7-10(8-15)9-16/h3-6,10,16H,7-9H2,1-2H3. The minimum atomic E-state index is 0.0556. The second-order valence-electron chi connectivity index (χ2n) is 4.70. The molecule has 4 heteroatoms. The van der Waals surface area contributed by atoms with Gasteiger partial charge >= 0.3 is 0 Å². The Morgan fingerprint density at radius 1 is 1.35 bits per heavy atom. The first-order valence-electron chi connectivity index (χ1n) is 5.79. The molecule has 17 heavy (non-hydrogen) atoms. The van der Waals surface area contributed by atoms with Crippen LogP contribution in [0.15, 0.2) is 24.3 Å². The molecule has 0 atom stereocenters. The molecule has 1 N–H and O–H groups in total. The van der Waals surface area contributed by atoms with E-state index in [4.69, 9.17) is 5.11 Å². The van der Waals surface area contributed by atoms with E-state index in [1.54, 1.807) is 4.90 Å². The number of hydrogen-bond donors (Lipinski definition) is 1. The molecule has 0 radical (unpaired) electrons. The maximum Gasteiger partial charge on any atom is 0.253 e. The third kappa shape index (κ3) is 2.42. The van der Waals surface area contributed by atoms with E-state index < -0.39 is 0 Å². The first kappa shape index (κ1) is 11.9. The molecule has 4 nitrogen and oxygen atoms in total. The van der Waals surface area contributed by atoms with Crippen LogP contribution in [0.3, 0.4) is 0 Å². The van der Waals surface area contributed by atoms with Crippen LogP contribution in [0.5, 0.6) is 0 Å². The molecular weight excluding hydrogens is 216 g/mol. The van der Waals surface area contributed by atoms with Crippen LogP contribution in [0.1, 0.15) is 10.4 Å². The van der Waals surface area contributed by atoms with Crippen molar-refractivity contribution < 1.29 is 9.90 Å². The summed E-state index contributed by atoms with van der Waals surface area (Å²) >= 11 is 0. The van der Waals surface area contributed by atoms with Crippen molar-refractivity contribution >= 4 is 11.6 Å². The lowest BCUT2D eigenvalue weighted by Crippen LogP contribution is -2.51. The molecule has 2 rings (SSSR count). The van der Waals surface area contributed by atoms with E-state index in [-0.39, 0.29) is 18.4 Å². The quantitative estimate of drug-likeness (QED) is 0.842. The third-order valence-corrected chi connectivity index (χ3v) is 3.13. The highest BCUT2D eigenvalue weighted by Crippen LogP contribution is 2.19. The Balaban J connectivity index is 2.01. The number of benzene rings is 1. The van der Waals surface area contributed by atoms with Crippen LogP contribution in [-0.2, 0) is 0 Å². The Labute approximate surface area is 101 Å². The number of aliphatic hydroxyl groups excluding tert-OH is 1. The topological polar surface area (TPSA) is 43.8 Å². The zero-order chi connectivity index (χ0) is 12.4. The number of carbonyl (C=O) groups is 1. The molecule has 0 saturated carbocycles. The minimum Gasteiger partial charge on any atom is -0.396 e. The fraction of sp³-hybridized carbons (Fsp3) is 0.462. The summed E-state index contributed by atoms with van der Waals surface area (Å²) in [6, 6.07) is 7.58. The Hall–Kier alpha value is -1.55. The SMILES string of the molecule is CN(C)c1ccc(C(=O)N2CC(CO)C2)cc1. The van der Waals surface area contributed by atoms with Gasteiger partial charge < -0.3 is 14.9 Å². The summed E-state index contributed by atoms with van der Waals surface area (Å²) in [6.07, 6.45) is 0. The molecule has 1 aromatic rings. The molecule has 1 aliphatic rings. The smallest absolute Gasteiger partial charge is 0.253 e. The van der Waals surface area contributed by atoms with E-state index in [0.29, 0.717) is 18.7 Å². The molecule has 1 saturated heterocycles. The monoisotopic (exact) mass is 234 g/mol. The van der Waals surface area contributed by atoms with Crippen molar-refractivity contribution in [1.29, 1.82) is 0 Å². The molecule has 0 bridgehead atoms. The van der Waals surface area contributed by atoms with Crippen LogP contribution < -0.4 is 4.90 Å². The number of nitrogens with zero attached hydrogens (tertiary/aromatic N) is 2.